The van der Waals surface area contributed by atoms with E-state index in [4.69, 9.17) is 4.74 Å². The smallest absolute Gasteiger partial charge is 0.183 e. The molecule has 0 aromatic rings. The Balaban J connectivity index is 2.56. The number of carbonyl (C=O) groups excluding carboxylic acids is 1. The molecule has 1 aliphatic rings. The molecule has 1 aliphatic heterocycles. The van der Waals surface area contributed by atoms with Crippen LogP contribution in [-0.4, -0.2) is 18.0 Å². The maximum atomic E-state index is 10.9. The molecule has 2 unspecified atom stereocenters. The number of carbonyl (C=O) groups is 1. The van der Waals surface area contributed by atoms with E-state index in [1.54, 1.807) is 25.2 Å². The number of ether oxygens (including phenoxy) is 1. The van der Waals surface area contributed by atoms with Gasteiger partial charge in [0, 0.05) is 0 Å². The Morgan fingerprint density at radius 1 is 1.82 bits per heavy atom. The van der Waals surface area contributed by atoms with Gasteiger partial charge in [-0.25, -0.2) is 0 Å². The van der Waals surface area contributed by atoms with Crippen LogP contribution in [0, 0.1) is 0 Å². The summed E-state index contributed by atoms with van der Waals surface area (Å²) < 4.78 is 5.33. The predicted octanol–water partition coefficient (Wildman–Crippen LogP) is 1.48. The highest BCUT2D eigenvalue weighted by Crippen LogP contribution is 2.11. The van der Waals surface area contributed by atoms with Crippen molar-refractivity contribution in [3.05, 3.63) is 24.8 Å². The van der Waals surface area contributed by atoms with Crippen LogP contribution >= 0.6 is 0 Å². The second-order valence-electron chi connectivity index (χ2n) is 2.60. The highest BCUT2D eigenvalue weighted by atomic mass is 16.5. The van der Waals surface area contributed by atoms with Gasteiger partial charge >= 0.3 is 0 Å². The number of rotatable bonds is 2. The zero-order chi connectivity index (χ0) is 8.27. The third-order valence-electron chi connectivity index (χ3n) is 1.65. The maximum absolute atomic E-state index is 10.9. The summed E-state index contributed by atoms with van der Waals surface area (Å²) in [6, 6.07) is 0. The summed E-state index contributed by atoms with van der Waals surface area (Å²) in [7, 11) is 0. The number of hydrogen-bond donors (Lipinski definition) is 0. The summed E-state index contributed by atoms with van der Waals surface area (Å²) in [6.45, 7) is 5.37. The van der Waals surface area contributed by atoms with Crippen LogP contribution in [0.25, 0.3) is 0 Å². The van der Waals surface area contributed by atoms with Gasteiger partial charge in [-0.1, -0.05) is 12.2 Å². The largest absolute Gasteiger partial charge is 0.363 e. The van der Waals surface area contributed by atoms with Gasteiger partial charge in [0.1, 0.15) is 6.10 Å². The van der Waals surface area contributed by atoms with E-state index in [0.29, 0.717) is 0 Å². The van der Waals surface area contributed by atoms with E-state index in [2.05, 4.69) is 6.58 Å². The SMILES string of the molecule is C=CCC1C=CC(=O)C(C)O1. The highest BCUT2D eigenvalue weighted by molar-refractivity contribution is 5.93. The molecule has 0 saturated heterocycles. The predicted molar refractivity (Wildman–Crippen MR) is 43.3 cm³/mol. The molecule has 11 heavy (non-hydrogen) atoms. The van der Waals surface area contributed by atoms with Crippen molar-refractivity contribution in [3.8, 4) is 0 Å². The van der Waals surface area contributed by atoms with Crippen LogP contribution in [0.4, 0.5) is 0 Å². The lowest BCUT2D eigenvalue weighted by Crippen LogP contribution is -2.28. The minimum atomic E-state index is -0.287. The first-order chi connectivity index (χ1) is 5.24. The molecule has 1 rings (SSSR count). The molecule has 2 nitrogen and oxygen atoms in total. The van der Waals surface area contributed by atoms with Gasteiger partial charge in [0.2, 0.25) is 0 Å². The minimum Gasteiger partial charge on any atom is -0.363 e. The van der Waals surface area contributed by atoms with E-state index in [0.717, 1.165) is 6.42 Å². The summed E-state index contributed by atoms with van der Waals surface area (Å²) in [6.07, 6.45) is 5.68. The molecule has 0 amide bonds. The first-order valence-electron chi connectivity index (χ1n) is 3.72. The fourth-order valence-corrected chi connectivity index (χ4v) is 1.01. The van der Waals surface area contributed by atoms with Crippen LogP contribution in [0.15, 0.2) is 24.8 Å². The van der Waals surface area contributed by atoms with E-state index >= 15 is 0 Å². The number of hydrogen-bond acceptors (Lipinski definition) is 2. The Kier molecular flexibility index (Phi) is 2.60. The van der Waals surface area contributed by atoms with Gasteiger partial charge in [0.05, 0.1) is 6.10 Å². The van der Waals surface area contributed by atoms with Gasteiger partial charge in [0.25, 0.3) is 0 Å². The molecule has 1 heterocycles. The van der Waals surface area contributed by atoms with Crippen LogP contribution < -0.4 is 0 Å². The summed E-state index contributed by atoms with van der Waals surface area (Å²) in [4.78, 5) is 10.9. The van der Waals surface area contributed by atoms with Gasteiger partial charge < -0.3 is 4.74 Å². The molecule has 0 radical (unpaired) electrons. The molecule has 0 saturated carbocycles. The molecular weight excluding hydrogens is 140 g/mol. The quantitative estimate of drug-likeness (QED) is 0.560. The average Bonchev–Trinajstić information content (AvgIpc) is 1.98. The van der Waals surface area contributed by atoms with Crippen molar-refractivity contribution in [2.24, 2.45) is 0 Å². The normalized spacial score (nSPS) is 30.5. The molecule has 2 heteroatoms. The highest BCUT2D eigenvalue weighted by Gasteiger charge is 2.19. The molecule has 0 aromatic heterocycles. The first-order valence-corrected chi connectivity index (χ1v) is 3.72. The Hall–Kier alpha value is -0.890. The van der Waals surface area contributed by atoms with Gasteiger partial charge in [-0.15, -0.1) is 6.58 Å². The maximum Gasteiger partial charge on any atom is 0.183 e. The van der Waals surface area contributed by atoms with Gasteiger partial charge in [-0.2, -0.15) is 0 Å². The second-order valence-corrected chi connectivity index (χ2v) is 2.60. The van der Waals surface area contributed by atoms with E-state index in [1.165, 1.54) is 0 Å². The molecule has 0 aromatic carbocycles. The van der Waals surface area contributed by atoms with Gasteiger partial charge in [0.15, 0.2) is 5.78 Å². The standard InChI is InChI=1S/C9H12O2/c1-3-4-8-5-6-9(10)7(2)11-8/h3,5-8H,1,4H2,2H3. The van der Waals surface area contributed by atoms with E-state index in [-0.39, 0.29) is 18.0 Å². The molecule has 2 atom stereocenters. The van der Waals surface area contributed by atoms with Crippen molar-refractivity contribution < 1.29 is 9.53 Å². The Labute approximate surface area is 66.5 Å². The second kappa shape index (κ2) is 3.49. The third-order valence-corrected chi connectivity index (χ3v) is 1.65. The molecular formula is C9H12O2. The van der Waals surface area contributed by atoms with Crippen LogP contribution in [0.3, 0.4) is 0 Å². The van der Waals surface area contributed by atoms with Crippen LogP contribution in [0.1, 0.15) is 13.3 Å². The van der Waals surface area contributed by atoms with Crippen molar-refractivity contribution in [1.29, 1.82) is 0 Å². The van der Waals surface area contributed by atoms with Crippen LogP contribution in [0.2, 0.25) is 0 Å². The summed E-state index contributed by atoms with van der Waals surface area (Å²) >= 11 is 0. The van der Waals surface area contributed by atoms with Gasteiger partial charge in [-0.3, -0.25) is 4.79 Å². The average molecular weight is 152 g/mol. The fraction of sp³-hybridized carbons (Fsp3) is 0.444. The Bertz CT molecular complexity index is 194. The summed E-state index contributed by atoms with van der Waals surface area (Å²) in [5, 5.41) is 0. The van der Waals surface area contributed by atoms with E-state index in [9.17, 15) is 4.79 Å². The molecule has 0 spiro atoms. The summed E-state index contributed by atoms with van der Waals surface area (Å²) in [5.41, 5.74) is 0. The van der Waals surface area contributed by atoms with Gasteiger partial charge in [-0.05, 0) is 19.4 Å². The molecule has 0 aliphatic carbocycles. The van der Waals surface area contributed by atoms with Crippen molar-refractivity contribution in [2.45, 2.75) is 25.6 Å². The monoisotopic (exact) mass is 152 g/mol. The Morgan fingerprint density at radius 2 is 2.55 bits per heavy atom. The van der Waals surface area contributed by atoms with Crippen LogP contribution in [0.5, 0.6) is 0 Å². The lowest BCUT2D eigenvalue weighted by atomic mass is 10.1. The zero-order valence-electron chi connectivity index (χ0n) is 6.62. The summed E-state index contributed by atoms with van der Waals surface area (Å²) in [5.74, 6) is 0.0466. The zero-order valence-corrected chi connectivity index (χ0v) is 6.62. The van der Waals surface area contributed by atoms with Crippen molar-refractivity contribution in [1.82, 2.24) is 0 Å². The molecule has 0 fully saturated rings. The molecule has 60 valence electrons. The topological polar surface area (TPSA) is 26.3 Å². The lowest BCUT2D eigenvalue weighted by Gasteiger charge is -2.20. The van der Waals surface area contributed by atoms with E-state index in [1.807, 2.05) is 0 Å². The number of ketones is 1. The van der Waals surface area contributed by atoms with Crippen molar-refractivity contribution in [3.63, 3.8) is 0 Å². The lowest BCUT2D eigenvalue weighted by molar-refractivity contribution is -0.128. The molecule has 0 N–H and O–H groups in total. The first kappa shape index (κ1) is 8.21. The Morgan fingerprint density at radius 3 is 3.09 bits per heavy atom. The van der Waals surface area contributed by atoms with Crippen molar-refractivity contribution in [2.75, 3.05) is 0 Å². The van der Waals surface area contributed by atoms with Crippen molar-refractivity contribution >= 4 is 5.78 Å². The van der Waals surface area contributed by atoms with E-state index < -0.39 is 0 Å². The third kappa shape index (κ3) is 2.02. The minimum absolute atomic E-state index is 0.0419. The fourth-order valence-electron chi connectivity index (χ4n) is 1.01. The molecule has 0 bridgehead atoms. The van der Waals surface area contributed by atoms with Crippen LogP contribution in [-0.2, 0) is 9.53 Å².